The molecule has 3 aromatic rings. The van der Waals surface area contributed by atoms with Gasteiger partial charge in [-0.3, -0.25) is 4.79 Å². The van der Waals surface area contributed by atoms with Crippen LogP contribution in [0, 0.1) is 11.3 Å². The van der Waals surface area contributed by atoms with Crippen LogP contribution >= 0.6 is 34.8 Å². The van der Waals surface area contributed by atoms with Crippen LogP contribution in [0.1, 0.15) is 46.8 Å². The summed E-state index contributed by atoms with van der Waals surface area (Å²) in [6.07, 6.45) is 3.52. The first-order valence-electron chi connectivity index (χ1n) is 11.0. The molecule has 4 rings (SSSR count). The van der Waals surface area contributed by atoms with Crippen LogP contribution < -0.4 is 4.90 Å². The van der Waals surface area contributed by atoms with Gasteiger partial charge in [-0.25, -0.2) is 0 Å². The minimum atomic E-state index is -0.0514. The van der Waals surface area contributed by atoms with Crippen LogP contribution in [-0.2, 0) is 0 Å². The molecule has 0 aliphatic carbocycles. The molecular weight excluding hydrogens is 489 g/mol. The first-order chi connectivity index (χ1) is 16.3. The van der Waals surface area contributed by atoms with E-state index in [2.05, 4.69) is 17.0 Å². The van der Waals surface area contributed by atoms with E-state index < -0.39 is 0 Å². The zero-order valence-corrected chi connectivity index (χ0v) is 21.4. The van der Waals surface area contributed by atoms with Crippen molar-refractivity contribution in [1.82, 2.24) is 4.90 Å². The Labute approximate surface area is 216 Å². The van der Waals surface area contributed by atoms with E-state index >= 15 is 0 Å². The highest BCUT2D eigenvalue weighted by molar-refractivity contribution is 6.35. The normalized spacial score (nSPS) is 15.1. The van der Waals surface area contributed by atoms with Crippen LogP contribution in [0.15, 0.2) is 66.7 Å². The molecule has 0 spiro atoms. The molecule has 176 valence electrons. The Morgan fingerprint density at radius 3 is 2.18 bits per heavy atom. The van der Waals surface area contributed by atoms with E-state index in [4.69, 9.17) is 40.1 Å². The third kappa shape index (κ3) is 6.67. The number of carbonyl (C=O) groups excluding carboxylic acids is 1. The first-order valence-corrected chi connectivity index (χ1v) is 12.1. The van der Waals surface area contributed by atoms with Gasteiger partial charge in [-0.05, 0) is 85.5 Å². The molecule has 0 N–H and O–H groups in total. The summed E-state index contributed by atoms with van der Waals surface area (Å²) in [4.78, 5) is 15.3. The maximum absolute atomic E-state index is 11.4. The Morgan fingerprint density at radius 1 is 0.941 bits per heavy atom. The molecule has 0 radical (unpaired) electrons. The first kappa shape index (κ1) is 25.9. The van der Waals surface area contributed by atoms with Gasteiger partial charge in [-0.1, -0.05) is 40.9 Å². The SMILES string of the molecule is CN(C)C(=O)c1ccc(C#N)cc1.Clc1ccc(N2CCCCC2c2ccc(Cl)cc2Cl)cc1. The Kier molecular flexibility index (Phi) is 9.24. The van der Waals surface area contributed by atoms with Gasteiger partial charge in [0.05, 0.1) is 17.7 Å². The summed E-state index contributed by atoms with van der Waals surface area (Å²) < 4.78 is 0. The third-order valence-corrected chi connectivity index (χ3v) is 6.46. The van der Waals surface area contributed by atoms with Crippen molar-refractivity contribution in [2.24, 2.45) is 0 Å². The van der Waals surface area contributed by atoms with Gasteiger partial charge in [0.15, 0.2) is 0 Å². The Balaban J connectivity index is 0.000000215. The molecule has 1 aliphatic rings. The van der Waals surface area contributed by atoms with Gasteiger partial charge in [0.2, 0.25) is 0 Å². The van der Waals surface area contributed by atoms with Crippen molar-refractivity contribution in [3.63, 3.8) is 0 Å². The van der Waals surface area contributed by atoms with Gasteiger partial charge in [-0.15, -0.1) is 0 Å². The lowest BCUT2D eigenvalue weighted by Gasteiger charge is -2.38. The molecule has 1 atom stereocenters. The van der Waals surface area contributed by atoms with Crippen LogP contribution in [0.4, 0.5) is 5.69 Å². The quantitative estimate of drug-likeness (QED) is 0.361. The fourth-order valence-corrected chi connectivity index (χ4v) is 4.57. The van der Waals surface area contributed by atoms with Crippen molar-refractivity contribution in [2.75, 3.05) is 25.5 Å². The van der Waals surface area contributed by atoms with E-state index in [0.29, 0.717) is 22.2 Å². The molecule has 1 aliphatic heterocycles. The average Bonchev–Trinajstić information content (AvgIpc) is 2.84. The van der Waals surface area contributed by atoms with Crippen LogP contribution in [0.2, 0.25) is 15.1 Å². The van der Waals surface area contributed by atoms with E-state index in [-0.39, 0.29) is 5.91 Å². The number of benzene rings is 3. The van der Waals surface area contributed by atoms with E-state index in [1.54, 1.807) is 38.4 Å². The zero-order chi connectivity index (χ0) is 24.7. The van der Waals surface area contributed by atoms with Gasteiger partial charge in [0.1, 0.15) is 0 Å². The van der Waals surface area contributed by atoms with E-state index in [1.165, 1.54) is 23.4 Å². The fraction of sp³-hybridized carbons (Fsp3) is 0.259. The zero-order valence-electron chi connectivity index (χ0n) is 19.1. The molecule has 1 saturated heterocycles. The highest BCUT2D eigenvalue weighted by Gasteiger charge is 2.26. The highest BCUT2D eigenvalue weighted by Crippen LogP contribution is 2.38. The number of nitrogens with zero attached hydrogens (tertiary/aromatic N) is 3. The van der Waals surface area contributed by atoms with Gasteiger partial charge >= 0.3 is 0 Å². The summed E-state index contributed by atoms with van der Waals surface area (Å²) in [7, 11) is 3.39. The number of nitriles is 1. The lowest BCUT2D eigenvalue weighted by Crippen LogP contribution is -2.33. The number of rotatable bonds is 3. The molecule has 7 heteroatoms. The van der Waals surface area contributed by atoms with E-state index in [0.717, 1.165) is 28.6 Å². The molecule has 1 amide bonds. The Hall–Kier alpha value is -2.71. The number of halogens is 3. The topological polar surface area (TPSA) is 47.3 Å². The largest absolute Gasteiger partial charge is 0.364 e. The van der Waals surface area contributed by atoms with Crippen molar-refractivity contribution in [1.29, 1.82) is 5.26 Å². The van der Waals surface area contributed by atoms with Crippen LogP contribution in [0.5, 0.6) is 0 Å². The van der Waals surface area contributed by atoms with Crippen molar-refractivity contribution in [3.8, 4) is 6.07 Å². The Morgan fingerprint density at radius 2 is 1.59 bits per heavy atom. The maximum atomic E-state index is 11.4. The second-order valence-electron chi connectivity index (χ2n) is 8.24. The Bertz CT molecular complexity index is 1160. The summed E-state index contributed by atoms with van der Waals surface area (Å²) in [5.41, 5.74) is 3.50. The molecule has 4 nitrogen and oxygen atoms in total. The smallest absolute Gasteiger partial charge is 0.253 e. The number of amides is 1. The molecular formula is C27H26Cl3N3O. The predicted octanol–water partition coefficient (Wildman–Crippen LogP) is 7.64. The number of carbonyl (C=O) groups is 1. The van der Waals surface area contributed by atoms with Crippen molar-refractivity contribution < 1.29 is 4.79 Å². The minimum absolute atomic E-state index is 0.0514. The predicted molar refractivity (Wildman–Crippen MR) is 141 cm³/mol. The lowest BCUT2D eigenvalue weighted by molar-refractivity contribution is 0.0827. The number of hydrogen-bond acceptors (Lipinski definition) is 3. The highest BCUT2D eigenvalue weighted by atomic mass is 35.5. The summed E-state index contributed by atoms with van der Waals surface area (Å²) in [6.45, 7) is 1.03. The van der Waals surface area contributed by atoms with Crippen LogP contribution in [0.25, 0.3) is 0 Å². The summed E-state index contributed by atoms with van der Waals surface area (Å²) >= 11 is 18.4. The molecule has 0 bridgehead atoms. The molecule has 1 heterocycles. The molecule has 34 heavy (non-hydrogen) atoms. The number of piperidine rings is 1. The van der Waals surface area contributed by atoms with E-state index in [1.807, 2.05) is 36.4 Å². The van der Waals surface area contributed by atoms with Crippen molar-refractivity contribution in [3.05, 3.63) is 98.5 Å². The van der Waals surface area contributed by atoms with Crippen molar-refractivity contribution in [2.45, 2.75) is 25.3 Å². The fourth-order valence-electron chi connectivity index (χ4n) is 3.91. The number of hydrogen-bond donors (Lipinski definition) is 0. The van der Waals surface area contributed by atoms with Crippen LogP contribution in [-0.4, -0.2) is 31.4 Å². The van der Waals surface area contributed by atoms with Gasteiger partial charge in [-0.2, -0.15) is 5.26 Å². The van der Waals surface area contributed by atoms with Gasteiger partial charge < -0.3 is 9.80 Å². The van der Waals surface area contributed by atoms with Gasteiger partial charge in [0.25, 0.3) is 5.91 Å². The molecule has 1 unspecified atom stereocenters. The summed E-state index contributed by atoms with van der Waals surface area (Å²) in [5, 5.41) is 10.7. The molecule has 0 saturated carbocycles. The van der Waals surface area contributed by atoms with E-state index in [9.17, 15) is 4.79 Å². The summed E-state index contributed by atoms with van der Waals surface area (Å²) in [5.74, 6) is -0.0514. The van der Waals surface area contributed by atoms with Gasteiger partial charge in [0, 0.05) is 47.0 Å². The summed E-state index contributed by atoms with van der Waals surface area (Å²) in [6, 6.07) is 22.7. The number of anilines is 1. The lowest BCUT2D eigenvalue weighted by atomic mass is 9.94. The molecule has 0 aromatic heterocycles. The molecule has 3 aromatic carbocycles. The minimum Gasteiger partial charge on any atom is -0.364 e. The maximum Gasteiger partial charge on any atom is 0.253 e. The second-order valence-corrected chi connectivity index (χ2v) is 9.52. The monoisotopic (exact) mass is 513 g/mol. The van der Waals surface area contributed by atoms with Crippen molar-refractivity contribution >= 4 is 46.4 Å². The third-order valence-electron chi connectivity index (χ3n) is 5.65. The standard InChI is InChI=1S/C17H16Cl3N.C10H10N2O/c18-12-4-7-14(8-5-12)21-10-2-1-3-17(21)15-9-6-13(19)11-16(15)20;1-12(2)10(13)9-5-3-8(7-11)4-6-9/h4-9,11,17H,1-3,10H2;3-6H,1-2H3. The van der Waals surface area contributed by atoms with Crippen LogP contribution in [0.3, 0.4) is 0 Å². The second kappa shape index (κ2) is 12.1. The average molecular weight is 515 g/mol. The molecule has 1 fully saturated rings.